The monoisotopic (exact) mass is 419 g/mol. The number of rotatable bonds is 9. The number of carbonyl (C=O) groups is 2. The maximum absolute atomic E-state index is 12.7. The number of hydrogen-bond acceptors (Lipinski definition) is 5. The Morgan fingerprint density at radius 2 is 1.76 bits per heavy atom. The number of primary amides is 1. The predicted octanol–water partition coefficient (Wildman–Crippen LogP) is 2.14. The van der Waals surface area contributed by atoms with Gasteiger partial charge in [-0.15, -0.1) is 0 Å². The second kappa shape index (κ2) is 9.53. The van der Waals surface area contributed by atoms with Crippen LogP contribution in [-0.4, -0.2) is 44.2 Å². The Kier molecular flexibility index (Phi) is 7.35. The molecule has 2 aromatic carbocycles. The van der Waals surface area contributed by atoms with Gasteiger partial charge < -0.3 is 15.8 Å². The van der Waals surface area contributed by atoms with Gasteiger partial charge in [-0.3, -0.25) is 9.59 Å². The SMILES string of the molecule is CCN(CC)S(=O)(=O)c1ccc(C)c(NC(=O)COc2ccccc2C(N)=O)c1. The van der Waals surface area contributed by atoms with Gasteiger partial charge in [0.25, 0.3) is 11.8 Å². The Labute approximate surface area is 170 Å². The van der Waals surface area contributed by atoms with Gasteiger partial charge in [-0.05, 0) is 36.8 Å². The summed E-state index contributed by atoms with van der Waals surface area (Å²) in [6.45, 7) is 5.62. The lowest BCUT2D eigenvalue weighted by atomic mass is 10.2. The molecule has 0 atom stereocenters. The summed E-state index contributed by atoms with van der Waals surface area (Å²) in [7, 11) is -3.65. The van der Waals surface area contributed by atoms with Gasteiger partial charge in [0, 0.05) is 18.8 Å². The van der Waals surface area contributed by atoms with Crippen LogP contribution in [0.4, 0.5) is 5.69 Å². The van der Waals surface area contributed by atoms with Crippen molar-refractivity contribution in [2.45, 2.75) is 25.7 Å². The molecule has 0 radical (unpaired) electrons. The van der Waals surface area contributed by atoms with Crippen LogP contribution >= 0.6 is 0 Å². The van der Waals surface area contributed by atoms with Gasteiger partial charge in [0.1, 0.15) is 5.75 Å². The van der Waals surface area contributed by atoms with E-state index in [4.69, 9.17) is 10.5 Å². The topological polar surface area (TPSA) is 119 Å². The number of sulfonamides is 1. The normalized spacial score (nSPS) is 11.3. The van der Waals surface area contributed by atoms with Gasteiger partial charge in [-0.2, -0.15) is 4.31 Å². The Balaban J connectivity index is 2.16. The van der Waals surface area contributed by atoms with Crippen LogP contribution in [0.2, 0.25) is 0 Å². The first kappa shape index (κ1) is 22.4. The first-order chi connectivity index (χ1) is 13.7. The minimum absolute atomic E-state index is 0.0992. The second-order valence-corrected chi connectivity index (χ2v) is 8.20. The number of benzene rings is 2. The van der Waals surface area contributed by atoms with Crippen molar-refractivity contribution >= 4 is 27.5 Å². The average molecular weight is 420 g/mol. The van der Waals surface area contributed by atoms with E-state index < -0.39 is 21.8 Å². The number of para-hydroxylation sites is 1. The number of carbonyl (C=O) groups excluding carboxylic acids is 2. The minimum atomic E-state index is -3.65. The zero-order chi connectivity index (χ0) is 21.6. The van der Waals surface area contributed by atoms with Crippen LogP contribution in [0.5, 0.6) is 5.75 Å². The summed E-state index contributed by atoms with van der Waals surface area (Å²) < 4.78 is 32.1. The van der Waals surface area contributed by atoms with E-state index in [1.807, 2.05) is 0 Å². The van der Waals surface area contributed by atoms with Crippen LogP contribution in [0.3, 0.4) is 0 Å². The first-order valence-electron chi connectivity index (χ1n) is 9.13. The van der Waals surface area contributed by atoms with Crippen LogP contribution in [0, 0.1) is 6.92 Å². The molecule has 0 bridgehead atoms. The van der Waals surface area contributed by atoms with Crippen molar-refractivity contribution in [3.8, 4) is 5.75 Å². The molecule has 156 valence electrons. The summed E-state index contributed by atoms with van der Waals surface area (Å²) in [5.41, 5.74) is 6.53. The van der Waals surface area contributed by atoms with Crippen molar-refractivity contribution in [3.05, 3.63) is 53.6 Å². The highest BCUT2D eigenvalue weighted by Gasteiger charge is 2.22. The molecule has 8 nitrogen and oxygen atoms in total. The molecular formula is C20H25N3O5S. The maximum Gasteiger partial charge on any atom is 0.262 e. The van der Waals surface area contributed by atoms with Crippen LogP contribution in [0.1, 0.15) is 29.8 Å². The van der Waals surface area contributed by atoms with Crippen LogP contribution < -0.4 is 15.8 Å². The highest BCUT2D eigenvalue weighted by molar-refractivity contribution is 7.89. The van der Waals surface area contributed by atoms with Gasteiger partial charge in [0.05, 0.1) is 10.5 Å². The highest BCUT2D eigenvalue weighted by Crippen LogP contribution is 2.23. The van der Waals surface area contributed by atoms with Crippen molar-refractivity contribution in [2.75, 3.05) is 25.0 Å². The lowest BCUT2D eigenvalue weighted by Crippen LogP contribution is -2.30. The predicted molar refractivity (Wildman–Crippen MR) is 110 cm³/mol. The lowest BCUT2D eigenvalue weighted by Gasteiger charge is -2.19. The molecule has 0 aliphatic carbocycles. The second-order valence-electron chi connectivity index (χ2n) is 6.26. The molecule has 3 N–H and O–H groups in total. The molecule has 2 rings (SSSR count). The van der Waals surface area contributed by atoms with Crippen molar-refractivity contribution in [1.29, 1.82) is 0 Å². The molecule has 9 heteroatoms. The van der Waals surface area contributed by atoms with Crippen LogP contribution in [-0.2, 0) is 14.8 Å². The molecule has 29 heavy (non-hydrogen) atoms. The molecule has 0 aliphatic rings. The summed E-state index contributed by atoms with van der Waals surface area (Å²) in [6.07, 6.45) is 0. The van der Waals surface area contributed by atoms with E-state index in [-0.39, 0.29) is 22.8 Å². The first-order valence-corrected chi connectivity index (χ1v) is 10.6. The summed E-state index contributed by atoms with van der Waals surface area (Å²) >= 11 is 0. The van der Waals surface area contributed by atoms with Gasteiger partial charge in [0.15, 0.2) is 6.61 Å². The van der Waals surface area contributed by atoms with E-state index in [0.29, 0.717) is 24.3 Å². The van der Waals surface area contributed by atoms with E-state index in [0.717, 1.165) is 0 Å². The number of aryl methyl sites for hydroxylation is 1. The fraction of sp³-hybridized carbons (Fsp3) is 0.300. The summed E-state index contributed by atoms with van der Waals surface area (Å²) in [4.78, 5) is 23.8. The van der Waals surface area contributed by atoms with Crippen LogP contribution in [0.15, 0.2) is 47.4 Å². The quantitative estimate of drug-likeness (QED) is 0.645. The van der Waals surface area contributed by atoms with E-state index in [1.54, 1.807) is 39.0 Å². The molecule has 0 saturated heterocycles. The number of hydrogen-bond donors (Lipinski definition) is 2. The zero-order valence-corrected chi connectivity index (χ0v) is 17.5. The summed E-state index contributed by atoms with van der Waals surface area (Å²) in [5.74, 6) is -0.958. The molecule has 0 heterocycles. The standard InChI is InChI=1S/C20H25N3O5S/c1-4-23(5-2)29(26,27)15-11-10-14(3)17(12-15)22-19(24)13-28-18-9-7-6-8-16(18)20(21)25/h6-12H,4-5,13H2,1-3H3,(H2,21,25)(H,22,24). The van der Waals surface area contributed by atoms with E-state index >= 15 is 0 Å². The van der Waals surface area contributed by atoms with Crippen molar-refractivity contribution in [1.82, 2.24) is 4.31 Å². The maximum atomic E-state index is 12.7. The van der Waals surface area contributed by atoms with Gasteiger partial charge >= 0.3 is 0 Å². The number of nitrogens with one attached hydrogen (secondary N) is 1. The summed E-state index contributed by atoms with van der Waals surface area (Å²) in [5, 5.41) is 2.65. The third-order valence-electron chi connectivity index (χ3n) is 4.34. The third-order valence-corrected chi connectivity index (χ3v) is 6.38. The smallest absolute Gasteiger partial charge is 0.262 e. The summed E-state index contributed by atoms with van der Waals surface area (Å²) in [6, 6.07) is 10.9. The van der Waals surface area contributed by atoms with Crippen molar-refractivity contribution in [3.63, 3.8) is 0 Å². The number of nitrogens with zero attached hydrogens (tertiary/aromatic N) is 1. The van der Waals surface area contributed by atoms with E-state index in [1.165, 1.54) is 28.6 Å². The molecule has 0 spiro atoms. The molecule has 2 amide bonds. The number of nitrogens with two attached hydrogens (primary N) is 1. The van der Waals surface area contributed by atoms with Gasteiger partial charge in [-0.25, -0.2) is 8.42 Å². The van der Waals surface area contributed by atoms with E-state index in [9.17, 15) is 18.0 Å². The number of amides is 2. The Morgan fingerprint density at radius 1 is 1.10 bits per heavy atom. The fourth-order valence-corrected chi connectivity index (χ4v) is 4.22. The van der Waals surface area contributed by atoms with Gasteiger partial charge in [0.2, 0.25) is 10.0 Å². The van der Waals surface area contributed by atoms with Crippen molar-refractivity contribution < 1.29 is 22.7 Å². The minimum Gasteiger partial charge on any atom is -0.483 e. The zero-order valence-electron chi connectivity index (χ0n) is 16.6. The molecule has 2 aromatic rings. The molecule has 0 aliphatic heterocycles. The average Bonchev–Trinajstić information content (AvgIpc) is 2.68. The third kappa shape index (κ3) is 5.33. The Bertz CT molecular complexity index is 1000. The molecule has 0 fully saturated rings. The Morgan fingerprint density at radius 3 is 2.38 bits per heavy atom. The largest absolute Gasteiger partial charge is 0.483 e. The number of anilines is 1. The molecule has 0 saturated carbocycles. The fourth-order valence-electron chi connectivity index (χ4n) is 2.73. The highest BCUT2D eigenvalue weighted by atomic mass is 32.2. The Hall–Kier alpha value is -2.91. The van der Waals surface area contributed by atoms with Gasteiger partial charge in [-0.1, -0.05) is 32.0 Å². The molecule has 0 aromatic heterocycles. The van der Waals surface area contributed by atoms with E-state index in [2.05, 4.69) is 5.32 Å². The molecular weight excluding hydrogens is 394 g/mol. The number of ether oxygens (including phenoxy) is 1. The molecule has 0 unspecified atom stereocenters. The van der Waals surface area contributed by atoms with Crippen LogP contribution in [0.25, 0.3) is 0 Å². The lowest BCUT2D eigenvalue weighted by molar-refractivity contribution is -0.118. The van der Waals surface area contributed by atoms with Crippen molar-refractivity contribution in [2.24, 2.45) is 5.73 Å².